The standard InChI is InChI=1S/C13H23N3S/c1-8(2)11(9(3)4)7-14-13-15-12(16-17-13)10-5-6-10/h8-11H,5-7H2,1-4H3,(H,14,15,16). The van der Waals surface area contributed by atoms with Gasteiger partial charge in [0, 0.05) is 24.0 Å². The summed E-state index contributed by atoms with van der Waals surface area (Å²) >= 11 is 1.51. The highest BCUT2D eigenvalue weighted by Gasteiger charge is 2.28. The van der Waals surface area contributed by atoms with Crippen LogP contribution in [0.5, 0.6) is 0 Å². The van der Waals surface area contributed by atoms with Crippen molar-refractivity contribution in [3.8, 4) is 0 Å². The predicted octanol–water partition coefficient (Wildman–Crippen LogP) is 3.76. The summed E-state index contributed by atoms with van der Waals surface area (Å²) < 4.78 is 4.41. The minimum Gasteiger partial charge on any atom is -0.360 e. The lowest BCUT2D eigenvalue weighted by molar-refractivity contribution is 0.304. The molecular formula is C13H23N3S. The lowest BCUT2D eigenvalue weighted by Gasteiger charge is -2.24. The molecule has 1 N–H and O–H groups in total. The first-order valence-corrected chi connectivity index (χ1v) is 7.42. The SMILES string of the molecule is CC(C)C(CNc1nc(C2CC2)ns1)C(C)C. The van der Waals surface area contributed by atoms with E-state index in [1.807, 2.05) is 0 Å². The molecule has 96 valence electrons. The van der Waals surface area contributed by atoms with Gasteiger partial charge in [0.25, 0.3) is 0 Å². The van der Waals surface area contributed by atoms with Crippen molar-refractivity contribution in [3.63, 3.8) is 0 Å². The van der Waals surface area contributed by atoms with Crippen molar-refractivity contribution < 1.29 is 0 Å². The third-order valence-electron chi connectivity index (χ3n) is 3.59. The van der Waals surface area contributed by atoms with Gasteiger partial charge in [-0.2, -0.15) is 4.37 Å². The van der Waals surface area contributed by atoms with Crippen molar-refractivity contribution in [2.45, 2.75) is 46.5 Å². The minimum atomic E-state index is 0.660. The van der Waals surface area contributed by atoms with Gasteiger partial charge in [0.2, 0.25) is 5.13 Å². The molecule has 1 fully saturated rings. The van der Waals surface area contributed by atoms with Gasteiger partial charge in [-0.3, -0.25) is 0 Å². The summed E-state index contributed by atoms with van der Waals surface area (Å²) in [7, 11) is 0. The normalized spacial score (nSPS) is 16.2. The van der Waals surface area contributed by atoms with Gasteiger partial charge >= 0.3 is 0 Å². The van der Waals surface area contributed by atoms with Crippen LogP contribution in [0.2, 0.25) is 0 Å². The molecule has 0 saturated heterocycles. The Kier molecular flexibility index (Phi) is 4.02. The van der Waals surface area contributed by atoms with Gasteiger partial charge in [-0.1, -0.05) is 27.7 Å². The lowest BCUT2D eigenvalue weighted by atomic mass is 9.86. The van der Waals surface area contributed by atoms with E-state index < -0.39 is 0 Å². The second kappa shape index (κ2) is 5.34. The van der Waals surface area contributed by atoms with Gasteiger partial charge in [0.15, 0.2) is 0 Å². The highest BCUT2D eigenvalue weighted by atomic mass is 32.1. The lowest BCUT2D eigenvalue weighted by Crippen LogP contribution is -2.24. The first kappa shape index (κ1) is 12.8. The van der Waals surface area contributed by atoms with E-state index in [0.29, 0.717) is 23.7 Å². The molecule has 0 spiro atoms. The monoisotopic (exact) mass is 253 g/mol. The summed E-state index contributed by atoms with van der Waals surface area (Å²) in [6, 6.07) is 0. The van der Waals surface area contributed by atoms with Gasteiger partial charge < -0.3 is 5.32 Å². The van der Waals surface area contributed by atoms with Crippen LogP contribution in [0.1, 0.15) is 52.3 Å². The Morgan fingerprint density at radius 1 is 1.24 bits per heavy atom. The van der Waals surface area contributed by atoms with Gasteiger partial charge in [-0.15, -0.1) is 0 Å². The molecule has 1 aromatic rings. The number of rotatable bonds is 6. The largest absolute Gasteiger partial charge is 0.360 e. The summed E-state index contributed by atoms with van der Waals surface area (Å²) in [5, 5.41) is 4.45. The summed E-state index contributed by atoms with van der Waals surface area (Å²) in [4.78, 5) is 4.56. The molecule has 0 radical (unpaired) electrons. The zero-order valence-electron chi connectivity index (χ0n) is 11.2. The average Bonchev–Trinajstić information content (AvgIpc) is 2.99. The van der Waals surface area contributed by atoms with Crippen LogP contribution >= 0.6 is 11.5 Å². The maximum Gasteiger partial charge on any atom is 0.202 e. The van der Waals surface area contributed by atoms with Crippen molar-refractivity contribution in [2.75, 3.05) is 11.9 Å². The minimum absolute atomic E-state index is 0.660. The molecule has 2 rings (SSSR count). The zero-order chi connectivity index (χ0) is 12.4. The Labute approximate surface area is 108 Å². The zero-order valence-corrected chi connectivity index (χ0v) is 12.0. The Bertz CT molecular complexity index is 347. The molecule has 3 nitrogen and oxygen atoms in total. The van der Waals surface area contributed by atoms with Crippen molar-refractivity contribution >= 4 is 16.7 Å². The molecule has 0 amide bonds. The molecule has 0 unspecified atom stereocenters. The van der Waals surface area contributed by atoms with Crippen LogP contribution in [0.15, 0.2) is 0 Å². The maximum absolute atomic E-state index is 4.56. The molecule has 0 aliphatic heterocycles. The van der Waals surface area contributed by atoms with Crippen molar-refractivity contribution in [1.29, 1.82) is 0 Å². The summed E-state index contributed by atoms with van der Waals surface area (Å²) in [6.45, 7) is 10.2. The molecule has 1 aromatic heterocycles. The van der Waals surface area contributed by atoms with Gasteiger partial charge in [-0.25, -0.2) is 4.98 Å². The van der Waals surface area contributed by atoms with Crippen LogP contribution in [0.25, 0.3) is 0 Å². The first-order valence-electron chi connectivity index (χ1n) is 6.65. The van der Waals surface area contributed by atoms with E-state index in [4.69, 9.17) is 0 Å². The van der Waals surface area contributed by atoms with Gasteiger partial charge in [0.1, 0.15) is 5.82 Å². The first-order chi connectivity index (χ1) is 8.08. The Morgan fingerprint density at radius 2 is 1.88 bits per heavy atom. The predicted molar refractivity (Wildman–Crippen MR) is 73.5 cm³/mol. The van der Waals surface area contributed by atoms with Crippen LogP contribution in [0.4, 0.5) is 5.13 Å². The molecule has 0 atom stereocenters. The van der Waals surface area contributed by atoms with Crippen LogP contribution < -0.4 is 5.32 Å². The topological polar surface area (TPSA) is 37.8 Å². The molecule has 17 heavy (non-hydrogen) atoms. The third kappa shape index (κ3) is 3.41. The van der Waals surface area contributed by atoms with Crippen LogP contribution in [0.3, 0.4) is 0 Å². The van der Waals surface area contributed by atoms with Gasteiger partial charge in [-0.05, 0) is 30.6 Å². The highest BCUT2D eigenvalue weighted by Crippen LogP contribution is 2.39. The Balaban J connectivity index is 1.86. The molecule has 4 heteroatoms. The third-order valence-corrected chi connectivity index (χ3v) is 4.27. The fraction of sp³-hybridized carbons (Fsp3) is 0.846. The van der Waals surface area contributed by atoms with E-state index in [1.165, 1.54) is 24.4 Å². The molecule has 0 aromatic carbocycles. The van der Waals surface area contributed by atoms with E-state index in [0.717, 1.165) is 17.5 Å². The highest BCUT2D eigenvalue weighted by molar-refractivity contribution is 7.09. The summed E-state index contributed by atoms with van der Waals surface area (Å²) in [6.07, 6.45) is 2.55. The van der Waals surface area contributed by atoms with E-state index >= 15 is 0 Å². The Morgan fingerprint density at radius 3 is 2.41 bits per heavy atom. The van der Waals surface area contributed by atoms with Crippen molar-refractivity contribution in [2.24, 2.45) is 17.8 Å². The molecule has 0 bridgehead atoms. The smallest absolute Gasteiger partial charge is 0.202 e. The second-order valence-electron chi connectivity index (χ2n) is 5.76. The fourth-order valence-electron chi connectivity index (χ4n) is 2.26. The van der Waals surface area contributed by atoms with Crippen LogP contribution in [-0.2, 0) is 0 Å². The molecular weight excluding hydrogens is 230 g/mol. The number of anilines is 1. The number of aromatic nitrogens is 2. The summed E-state index contributed by atoms with van der Waals surface area (Å²) in [5.74, 6) is 3.83. The number of nitrogens with one attached hydrogen (secondary N) is 1. The van der Waals surface area contributed by atoms with E-state index in [2.05, 4.69) is 42.4 Å². The van der Waals surface area contributed by atoms with Crippen molar-refractivity contribution in [3.05, 3.63) is 5.82 Å². The van der Waals surface area contributed by atoms with Crippen LogP contribution in [0, 0.1) is 17.8 Å². The summed E-state index contributed by atoms with van der Waals surface area (Å²) in [5.41, 5.74) is 0. The molecule has 1 heterocycles. The van der Waals surface area contributed by atoms with Crippen LogP contribution in [-0.4, -0.2) is 15.9 Å². The maximum atomic E-state index is 4.56. The number of hydrogen-bond donors (Lipinski definition) is 1. The molecule has 1 aliphatic carbocycles. The number of nitrogens with zero attached hydrogens (tertiary/aromatic N) is 2. The molecule has 1 saturated carbocycles. The van der Waals surface area contributed by atoms with E-state index in [9.17, 15) is 0 Å². The Hall–Kier alpha value is -0.640. The van der Waals surface area contributed by atoms with Gasteiger partial charge in [0.05, 0.1) is 0 Å². The fourth-order valence-corrected chi connectivity index (χ4v) is 2.91. The molecule has 1 aliphatic rings. The van der Waals surface area contributed by atoms with E-state index in [1.54, 1.807) is 0 Å². The second-order valence-corrected chi connectivity index (χ2v) is 6.52. The average molecular weight is 253 g/mol. The van der Waals surface area contributed by atoms with Crippen molar-refractivity contribution in [1.82, 2.24) is 9.36 Å². The quantitative estimate of drug-likeness (QED) is 0.839. The van der Waals surface area contributed by atoms with E-state index in [-0.39, 0.29) is 0 Å². The number of hydrogen-bond acceptors (Lipinski definition) is 4.